The molecule has 1 aromatic heterocycles. The van der Waals surface area contributed by atoms with Crippen LogP contribution >= 0.6 is 0 Å². The van der Waals surface area contributed by atoms with Crippen molar-refractivity contribution in [3.05, 3.63) is 65.6 Å². The minimum absolute atomic E-state index is 0.0857. The van der Waals surface area contributed by atoms with E-state index in [0.717, 1.165) is 41.7 Å². The number of aromatic nitrogens is 1. The minimum atomic E-state index is -0.444. The van der Waals surface area contributed by atoms with Gasteiger partial charge < -0.3 is 10.1 Å². The third-order valence-electron chi connectivity index (χ3n) is 5.79. The summed E-state index contributed by atoms with van der Waals surface area (Å²) in [6, 6.07) is 13.6. The zero-order chi connectivity index (χ0) is 22.7. The lowest BCUT2D eigenvalue weighted by atomic mass is 9.89. The van der Waals surface area contributed by atoms with Crippen LogP contribution in [0.25, 0.3) is 10.9 Å². The number of rotatable bonds is 6. The molecule has 1 amide bonds. The van der Waals surface area contributed by atoms with Crippen LogP contribution in [0, 0.1) is 11.7 Å². The molecule has 0 radical (unpaired) electrons. The first kappa shape index (κ1) is 21.9. The highest BCUT2D eigenvalue weighted by molar-refractivity contribution is 6.01. The van der Waals surface area contributed by atoms with Crippen LogP contribution in [0.5, 0.6) is 5.75 Å². The second-order valence-electron chi connectivity index (χ2n) is 8.14. The number of nitrogens with zero attached hydrogens (tertiary/aromatic N) is 2. The quantitative estimate of drug-likeness (QED) is 0.580. The first-order valence-electron chi connectivity index (χ1n) is 10.7. The van der Waals surface area contributed by atoms with Crippen LogP contribution in [-0.4, -0.2) is 41.8 Å². The van der Waals surface area contributed by atoms with E-state index in [2.05, 4.69) is 10.2 Å². The fraction of sp³-hybridized carbons (Fsp3) is 0.320. The Labute approximate surface area is 186 Å². The number of fused-ring (bicyclic) bond motifs is 1. The van der Waals surface area contributed by atoms with Crippen molar-refractivity contribution >= 4 is 28.3 Å². The number of piperidine rings is 1. The molecule has 1 atom stereocenters. The molecule has 4 rings (SSSR count). The number of benzene rings is 2. The molecule has 2 heterocycles. The highest BCUT2D eigenvalue weighted by Crippen LogP contribution is 2.28. The van der Waals surface area contributed by atoms with E-state index in [9.17, 15) is 14.0 Å². The highest BCUT2D eigenvalue weighted by Gasteiger charge is 2.29. The normalized spacial score (nSPS) is 16.7. The lowest BCUT2D eigenvalue weighted by Gasteiger charge is -2.32. The van der Waals surface area contributed by atoms with Crippen LogP contribution in [0.15, 0.2) is 48.5 Å². The summed E-state index contributed by atoms with van der Waals surface area (Å²) >= 11 is 0. The summed E-state index contributed by atoms with van der Waals surface area (Å²) in [5.74, 6) is -0.468. The van der Waals surface area contributed by atoms with Crippen molar-refractivity contribution in [3.63, 3.8) is 0 Å². The van der Waals surface area contributed by atoms with Crippen LogP contribution < -0.4 is 10.1 Å². The summed E-state index contributed by atoms with van der Waals surface area (Å²) in [6.45, 7) is 3.55. The Hall–Kier alpha value is -3.32. The number of methoxy groups -OCH3 is 1. The van der Waals surface area contributed by atoms with Gasteiger partial charge >= 0.3 is 0 Å². The minimum Gasteiger partial charge on any atom is -0.496 e. The molecule has 1 saturated heterocycles. The molecule has 0 saturated carbocycles. The summed E-state index contributed by atoms with van der Waals surface area (Å²) in [4.78, 5) is 31.5. The maximum absolute atomic E-state index is 13.8. The molecule has 3 aromatic rings. The van der Waals surface area contributed by atoms with Crippen molar-refractivity contribution in [3.8, 4) is 5.75 Å². The number of anilines is 1. The Morgan fingerprint density at radius 2 is 2.06 bits per heavy atom. The number of ether oxygens (including phenoxy) is 1. The molecule has 1 N–H and O–H groups in total. The molecule has 6 nitrogen and oxygen atoms in total. The topological polar surface area (TPSA) is 71.5 Å². The molecule has 0 aliphatic carbocycles. The average molecular weight is 435 g/mol. The van der Waals surface area contributed by atoms with Crippen LogP contribution in [0.4, 0.5) is 10.1 Å². The molecule has 0 spiro atoms. The lowest BCUT2D eigenvalue weighted by Crippen LogP contribution is -2.38. The summed E-state index contributed by atoms with van der Waals surface area (Å²) in [7, 11) is 1.49. The number of carbonyl (C=O) groups excluding carboxylic acids is 2. The number of amides is 1. The number of likely N-dealkylation sites (tertiary alicyclic amines) is 1. The zero-order valence-corrected chi connectivity index (χ0v) is 18.2. The Morgan fingerprint density at radius 3 is 2.84 bits per heavy atom. The maximum Gasteiger partial charge on any atom is 0.221 e. The molecule has 1 fully saturated rings. The van der Waals surface area contributed by atoms with Crippen LogP contribution in [0.3, 0.4) is 0 Å². The standard InChI is InChI=1S/C25H26FN3O3/c1-16(30)27-22-6-3-7-23-20(22)10-9-19(28-23)15-29-12-4-5-17(14-29)25(31)21-13-18(26)8-11-24(21)32-2/h3,6-11,13,17H,4-5,12,14-15H2,1-2H3,(H,27,30). The molecule has 0 bridgehead atoms. The van der Waals surface area contributed by atoms with E-state index in [1.165, 1.54) is 32.2 Å². The van der Waals surface area contributed by atoms with E-state index in [-0.39, 0.29) is 17.6 Å². The predicted octanol–water partition coefficient (Wildman–Crippen LogP) is 4.44. The van der Waals surface area contributed by atoms with Crippen molar-refractivity contribution in [2.75, 3.05) is 25.5 Å². The fourth-order valence-electron chi connectivity index (χ4n) is 4.32. The van der Waals surface area contributed by atoms with Crippen molar-refractivity contribution < 1.29 is 18.7 Å². The molecule has 166 valence electrons. The second-order valence-corrected chi connectivity index (χ2v) is 8.14. The van der Waals surface area contributed by atoms with Gasteiger partial charge in [0.1, 0.15) is 11.6 Å². The van der Waals surface area contributed by atoms with Gasteiger partial charge in [-0.1, -0.05) is 6.07 Å². The van der Waals surface area contributed by atoms with Gasteiger partial charge in [0.2, 0.25) is 5.91 Å². The van der Waals surface area contributed by atoms with Gasteiger partial charge in [-0.25, -0.2) is 4.39 Å². The summed E-state index contributed by atoms with van der Waals surface area (Å²) in [5.41, 5.74) is 2.74. The summed E-state index contributed by atoms with van der Waals surface area (Å²) < 4.78 is 19.0. The van der Waals surface area contributed by atoms with Crippen molar-refractivity contribution in [2.24, 2.45) is 5.92 Å². The molecular weight excluding hydrogens is 409 g/mol. The van der Waals surface area contributed by atoms with Gasteiger partial charge in [-0.2, -0.15) is 0 Å². The fourth-order valence-corrected chi connectivity index (χ4v) is 4.32. The van der Waals surface area contributed by atoms with Crippen LogP contribution in [0.2, 0.25) is 0 Å². The number of carbonyl (C=O) groups is 2. The number of hydrogen-bond donors (Lipinski definition) is 1. The molecule has 2 aromatic carbocycles. The van der Waals surface area contributed by atoms with Gasteiger partial charge in [-0.05, 0) is 61.9 Å². The summed E-state index contributed by atoms with van der Waals surface area (Å²) in [6.07, 6.45) is 1.65. The van der Waals surface area contributed by atoms with Crippen molar-refractivity contribution in [1.29, 1.82) is 0 Å². The predicted molar refractivity (Wildman–Crippen MR) is 121 cm³/mol. The number of Topliss-reactive ketones (excluding diaryl/α,β-unsaturated/α-hetero) is 1. The largest absolute Gasteiger partial charge is 0.496 e. The van der Waals surface area contributed by atoms with E-state index >= 15 is 0 Å². The first-order chi connectivity index (χ1) is 15.4. The van der Waals surface area contributed by atoms with Crippen molar-refractivity contribution in [2.45, 2.75) is 26.3 Å². The Morgan fingerprint density at radius 1 is 1.22 bits per heavy atom. The molecular formula is C25H26FN3O3. The Bertz CT molecular complexity index is 1160. The first-order valence-corrected chi connectivity index (χ1v) is 10.7. The van der Waals surface area contributed by atoms with Gasteiger partial charge in [0.25, 0.3) is 0 Å². The highest BCUT2D eigenvalue weighted by atomic mass is 19.1. The van der Waals surface area contributed by atoms with Gasteiger partial charge in [0.15, 0.2) is 5.78 Å². The Balaban J connectivity index is 1.50. The number of ketones is 1. The monoisotopic (exact) mass is 435 g/mol. The third kappa shape index (κ3) is 4.78. The van der Waals surface area contributed by atoms with Crippen LogP contribution in [0.1, 0.15) is 35.8 Å². The van der Waals surface area contributed by atoms with Crippen molar-refractivity contribution in [1.82, 2.24) is 9.88 Å². The van der Waals surface area contributed by atoms with E-state index in [0.29, 0.717) is 24.4 Å². The zero-order valence-electron chi connectivity index (χ0n) is 18.2. The molecule has 32 heavy (non-hydrogen) atoms. The van der Waals surface area contributed by atoms with Gasteiger partial charge in [-0.15, -0.1) is 0 Å². The number of halogens is 1. The summed E-state index contributed by atoms with van der Waals surface area (Å²) in [5, 5.41) is 3.72. The molecule has 1 aliphatic heterocycles. The second kappa shape index (κ2) is 9.44. The average Bonchev–Trinajstić information content (AvgIpc) is 2.78. The maximum atomic E-state index is 13.8. The number of nitrogens with one attached hydrogen (secondary N) is 1. The number of hydrogen-bond acceptors (Lipinski definition) is 5. The SMILES string of the molecule is COc1ccc(F)cc1C(=O)C1CCCN(Cc2ccc3c(NC(C)=O)cccc3n2)C1. The number of pyridine rings is 1. The van der Waals surface area contributed by atoms with Gasteiger partial charge in [0.05, 0.1) is 29.6 Å². The molecule has 1 aliphatic rings. The smallest absolute Gasteiger partial charge is 0.221 e. The van der Waals surface area contributed by atoms with E-state index < -0.39 is 5.82 Å². The lowest BCUT2D eigenvalue weighted by molar-refractivity contribution is -0.114. The van der Waals surface area contributed by atoms with Gasteiger partial charge in [0, 0.05) is 31.3 Å². The van der Waals surface area contributed by atoms with E-state index in [1.54, 1.807) is 0 Å². The Kier molecular flexibility index (Phi) is 6.46. The van der Waals surface area contributed by atoms with Gasteiger partial charge in [-0.3, -0.25) is 19.5 Å². The molecule has 7 heteroatoms. The van der Waals surface area contributed by atoms with E-state index in [4.69, 9.17) is 9.72 Å². The third-order valence-corrected chi connectivity index (χ3v) is 5.79. The van der Waals surface area contributed by atoms with Crippen LogP contribution in [-0.2, 0) is 11.3 Å². The molecule has 1 unspecified atom stereocenters. The van der Waals surface area contributed by atoms with E-state index in [1.807, 2.05) is 30.3 Å².